The van der Waals surface area contributed by atoms with Crippen molar-refractivity contribution in [2.45, 2.75) is 19.4 Å². The molecule has 0 heterocycles. The van der Waals surface area contributed by atoms with E-state index in [1.807, 2.05) is 19.1 Å². The van der Waals surface area contributed by atoms with Gasteiger partial charge in [0.2, 0.25) is 0 Å². The largest absolute Gasteiger partial charge is 0.497 e. The maximum absolute atomic E-state index is 13.9. The molecule has 1 N–H and O–H groups in total. The zero-order valence-electron chi connectivity index (χ0n) is 13.3. The smallest absolute Gasteiger partial charge is 0.272 e. The van der Waals surface area contributed by atoms with Gasteiger partial charge in [-0.1, -0.05) is 19.1 Å². The number of hydrogen-bond acceptors (Lipinski definition) is 4. The summed E-state index contributed by atoms with van der Waals surface area (Å²) in [6.07, 6.45) is 0.604. The minimum Gasteiger partial charge on any atom is -0.497 e. The molecule has 126 valence electrons. The fourth-order valence-corrected chi connectivity index (χ4v) is 2.30. The Kier molecular flexibility index (Phi) is 5.47. The van der Waals surface area contributed by atoms with Crippen molar-refractivity contribution in [1.29, 1.82) is 0 Å². The van der Waals surface area contributed by atoms with E-state index in [0.29, 0.717) is 12.2 Å². The number of amides is 1. The SMILES string of the molecule is CCC(NC(=O)c1ccc([N+](=O)[O-])cc1F)c1ccc(OC)cc1. The summed E-state index contributed by atoms with van der Waals surface area (Å²) in [5.74, 6) is -0.849. The molecule has 1 atom stereocenters. The van der Waals surface area contributed by atoms with Crippen LogP contribution >= 0.6 is 0 Å². The molecule has 0 radical (unpaired) electrons. The molecular formula is C17H17FN2O4. The number of rotatable bonds is 6. The number of methoxy groups -OCH3 is 1. The minimum atomic E-state index is -0.925. The van der Waals surface area contributed by atoms with Crippen molar-refractivity contribution >= 4 is 11.6 Å². The lowest BCUT2D eigenvalue weighted by atomic mass is 10.0. The van der Waals surface area contributed by atoms with Gasteiger partial charge in [0.1, 0.15) is 11.6 Å². The Morgan fingerprint density at radius 2 is 1.96 bits per heavy atom. The van der Waals surface area contributed by atoms with Gasteiger partial charge in [-0.25, -0.2) is 4.39 Å². The van der Waals surface area contributed by atoms with E-state index in [4.69, 9.17) is 4.74 Å². The second-order valence-corrected chi connectivity index (χ2v) is 5.13. The van der Waals surface area contributed by atoms with E-state index in [2.05, 4.69) is 5.32 Å². The van der Waals surface area contributed by atoms with E-state index in [9.17, 15) is 19.3 Å². The number of non-ortho nitro benzene ring substituents is 1. The molecule has 2 aromatic carbocycles. The third kappa shape index (κ3) is 3.87. The predicted octanol–water partition coefficient (Wildman–Crippen LogP) is 3.62. The van der Waals surface area contributed by atoms with Crippen LogP contribution in [0.25, 0.3) is 0 Å². The fraction of sp³-hybridized carbons (Fsp3) is 0.235. The van der Waals surface area contributed by atoms with Crippen LogP contribution in [0.4, 0.5) is 10.1 Å². The highest BCUT2D eigenvalue weighted by atomic mass is 19.1. The minimum absolute atomic E-state index is 0.229. The number of benzene rings is 2. The second-order valence-electron chi connectivity index (χ2n) is 5.13. The van der Waals surface area contributed by atoms with Gasteiger partial charge in [-0.05, 0) is 30.2 Å². The molecule has 2 rings (SSSR count). The first-order chi connectivity index (χ1) is 11.5. The molecule has 0 aromatic heterocycles. The zero-order valence-corrected chi connectivity index (χ0v) is 13.3. The molecule has 0 fully saturated rings. The lowest BCUT2D eigenvalue weighted by Gasteiger charge is -2.18. The Bertz CT molecular complexity index is 747. The van der Waals surface area contributed by atoms with Gasteiger partial charge in [0.25, 0.3) is 11.6 Å². The van der Waals surface area contributed by atoms with Crippen LogP contribution in [0.1, 0.15) is 35.3 Å². The summed E-state index contributed by atoms with van der Waals surface area (Å²) >= 11 is 0. The van der Waals surface area contributed by atoms with Crippen LogP contribution in [-0.4, -0.2) is 17.9 Å². The first kappa shape index (κ1) is 17.4. The lowest BCUT2D eigenvalue weighted by molar-refractivity contribution is -0.385. The summed E-state index contributed by atoms with van der Waals surface area (Å²) in [5, 5.41) is 13.4. The number of nitrogens with zero attached hydrogens (tertiary/aromatic N) is 1. The monoisotopic (exact) mass is 332 g/mol. The third-order valence-corrected chi connectivity index (χ3v) is 3.64. The van der Waals surface area contributed by atoms with Crippen molar-refractivity contribution in [2.75, 3.05) is 7.11 Å². The second kappa shape index (κ2) is 7.54. The van der Waals surface area contributed by atoms with Crippen LogP contribution < -0.4 is 10.1 Å². The van der Waals surface area contributed by atoms with E-state index >= 15 is 0 Å². The first-order valence-electron chi connectivity index (χ1n) is 7.35. The molecule has 0 saturated carbocycles. The highest BCUT2D eigenvalue weighted by Crippen LogP contribution is 2.22. The van der Waals surface area contributed by atoms with Gasteiger partial charge in [-0.2, -0.15) is 0 Å². The number of ether oxygens (including phenoxy) is 1. The first-order valence-corrected chi connectivity index (χ1v) is 7.35. The quantitative estimate of drug-likeness (QED) is 0.647. The molecule has 0 bridgehead atoms. The Labute approximate surface area is 138 Å². The van der Waals surface area contributed by atoms with Gasteiger partial charge >= 0.3 is 0 Å². The number of carbonyl (C=O) groups excluding carboxylic acids is 1. The maximum Gasteiger partial charge on any atom is 0.272 e. The zero-order chi connectivity index (χ0) is 17.7. The van der Waals surface area contributed by atoms with Gasteiger partial charge < -0.3 is 10.1 Å². The third-order valence-electron chi connectivity index (χ3n) is 3.64. The molecule has 0 spiro atoms. The van der Waals surface area contributed by atoms with Gasteiger partial charge in [0.05, 0.1) is 29.7 Å². The molecule has 1 amide bonds. The molecule has 1 unspecified atom stereocenters. The number of nitro benzene ring substituents is 1. The maximum atomic E-state index is 13.9. The topological polar surface area (TPSA) is 81.5 Å². The van der Waals surface area contributed by atoms with Crippen LogP contribution in [0.2, 0.25) is 0 Å². The van der Waals surface area contributed by atoms with Crippen molar-refractivity contribution in [3.63, 3.8) is 0 Å². The number of nitrogens with one attached hydrogen (secondary N) is 1. The van der Waals surface area contributed by atoms with E-state index < -0.39 is 22.3 Å². The Morgan fingerprint density at radius 3 is 2.46 bits per heavy atom. The fourth-order valence-electron chi connectivity index (χ4n) is 2.30. The number of nitro groups is 1. The van der Waals surface area contributed by atoms with Crippen LogP contribution in [0.5, 0.6) is 5.75 Å². The molecule has 6 nitrogen and oxygen atoms in total. The highest BCUT2D eigenvalue weighted by Gasteiger charge is 2.19. The van der Waals surface area contributed by atoms with Crippen LogP contribution in [0, 0.1) is 15.9 Å². The van der Waals surface area contributed by atoms with E-state index in [0.717, 1.165) is 23.8 Å². The lowest BCUT2D eigenvalue weighted by Crippen LogP contribution is -2.28. The van der Waals surface area contributed by atoms with E-state index in [1.165, 1.54) is 0 Å². The van der Waals surface area contributed by atoms with Gasteiger partial charge in [0, 0.05) is 6.07 Å². The Morgan fingerprint density at radius 1 is 1.29 bits per heavy atom. The van der Waals surface area contributed by atoms with E-state index in [-0.39, 0.29) is 11.6 Å². The summed E-state index contributed by atoms with van der Waals surface area (Å²) in [4.78, 5) is 22.2. The molecule has 0 saturated heterocycles. The van der Waals surface area contributed by atoms with E-state index in [1.54, 1.807) is 19.2 Å². The average Bonchev–Trinajstić information content (AvgIpc) is 2.59. The van der Waals surface area contributed by atoms with Crippen molar-refractivity contribution in [3.05, 3.63) is 69.5 Å². The predicted molar refractivity (Wildman–Crippen MR) is 86.5 cm³/mol. The summed E-state index contributed by atoms with van der Waals surface area (Å²) in [6.45, 7) is 1.89. The van der Waals surface area contributed by atoms with Gasteiger partial charge in [-0.15, -0.1) is 0 Å². The van der Waals surface area contributed by atoms with Crippen LogP contribution in [0.3, 0.4) is 0 Å². The normalized spacial score (nSPS) is 11.6. The molecular weight excluding hydrogens is 315 g/mol. The van der Waals surface area contributed by atoms with Crippen molar-refractivity contribution < 1.29 is 18.8 Å². The van der Waals surface area contributed by atoms with Crippen molar-refractivity contribution in [2.24, 2.45) is 0 Å². The van der Waals surface area contributed by atoms with Crippen molar-refractivity contribution in [3.8, 4) is 5.75 Å². The highest BCUT2D eigenvalue weighted by molar-refractivity contribution is 5.95. The molecule has 0 aliphatic rings. The van der Waals surface area contributed by atoms with Gasteiger partial charge in [0.15, 0.2) is 0 Å². The summed E-state index contributed by atoms with van der Waals surface area (Å²) in [7, 11) is 1.56. The molecule has 0 aliphatic carbocycles. The molecule has 7 heteroatoms. The van der Waals surface area contributed by atoms with Crippen molar-refractivity contribution in [1.82, 2.24) is 5.32 Å². The Hall–Kier alpha value is -2.96. The van der Waals surface area contributed by atoms with Crippen LogP contribution in [0.15, 0.2) is 42.5 Å². The van der Waals surface area contributed by atoms with Gasteiger partial charge in [-0.3, -0.25) is 14.9 Å². The van der Waals surface area contributed by atoms with Crippen LogP contribution in [-0.2, 0) is 0 Å². The number of hydrogen-bond donors (Lipinski definition) is 1. The average molecular weight is 332 g/mol. The molecule has 24 heavy (non-hydrogen) atoms. The summed E-state index contributed by atoms with van der Waals surface area (Å²) < 4.78 is 19.0. The Balaban J connectivity index is 2.18. The number of carbonyl (C=O) groups is 1. The number of halogens is 1. The summed E-state index contributed by atoms with van der Waals surface area (Å²) in [5.41, 5.74) is 0.229. The molecule has 0 aliphatic heterocycles. The summed E-state index contributed by atoms with van der Waals surface area (Å²) in [6, 6.07) is 9.84. The molecule has 2 aromatic rings. The standard InChI is InChI=1S/C17H17FN2O4/c1-3-16(11-4-7-13(24-2)8-5-11)19-17(21)14-9-6-12(20(22)23)10-15(14)18/h4-10,16H,3H2,1-2H3,(H,19,21).